The summed E-state index contributed by atoms with van der Waals surface area (Å²) in [7, 11) is 0. The zero-order chi connectivity index (χ0) is 18.2. The maximum absolute atomic E-state index is 12.1. The van der Waals surface area contributed by atoms with Gasteiger partial charge in [0.15, 0.2) is 0 Å². The Morgan fingerprint density at radius 3 is 2.00 bits per heavy atom. The Morgan fingerprint density at radius 1 is 0.917 bits per heavy atom. The van der Waals surface area contributed by atoms with Crippen LogP contribution in [0.5, 0.6) is 0 Å². The Labute approximate surface area is 147 Å². The van der Waals surface area contributed by atoms with Crippen molar-refractivity contribution >= 4 is 11.9 Å². The third-order valence-electron chi connectivity index (χ3n) is 4.50. The second-order valence-corrected chi connectivity index (χ2v) is 6.85. The largest absolute Gasteiger partial charge is 0.480 e. The van der Waals surface area contributed by atoms with Gasteiger partial charge in [0.05, 0.1) is 0 Å². The highest BCUT2D eigenvalue weighted by Crippen LogP contribution is 2.14. The molecule has 0 saturated heterocycles. The van der Waals surface area contributed by atoms with Gasteiger partial charge in [-0.15, -0.1) is 0 Å². The molecule has 5 heteroatoms. The summed E-state index contributed by atoms with van der Waals surface area (Å²) in [5.41, 5.74) is 5.42. The van der Waals surface area contributed by atoms with Crippen LogP contribution in [0.3, 0.4) is 0 Å². The van der Waals surface area contributed by atoms with Crippen molar-refractivity contribution in [1.82, 2.24) is 5.32 Å². The van der Waals surface area contributed by atoms with Crippen molar-refractivity contribution in [2.75, 3.05) is 6.54 Å². The Kier molecular flexibility index (Phi) is 14.7. The maximum Gasteiger partial charge on any atom is 0.326 e. The molecule has 0 rings (SSSR count). The molecule has 0 aliphatic carbocycles. The highest BCUT2D eigenvalue weighted by atomic mass is 16.4. The number of rotatable bonds is 16. The molecule has 0 aromatic rings. The molecule has 0 aromatic heterocycles. The van der Waals surface area contributed by atoms with Crippen molar-refractivity contribution in [3.8, 4) is 0 Å². The summed E-state index contributed by atoms with van der Waals surface area (Å²) in [4.78, 5) is 23.3. The predicted molar refractivity (Wildman–Crippen MR) is 98.9 cm³/mol. The van der Waals surface area contributed by atoms with Gasteiger partial charge in [0.2, 0.25) is 5.91 Å². The minimum Gasteiger partial charge on any atom is -0.480 e. The van der Waals surface area contributed by atoms with Gasteiger partial charge < -0.3 is 16.2 Å². The number of aliphatic carboxylic acids is 1. The number of carboxylic acid groups (broad SMARTS) is 1. The van der Waals surface area contributed by atoms with Gasteiger partial charge in [0, 0.05) is 5.92 Å². The molecular formula is C19H38N2O3. The first-order chi connectivity index (χ1) is 11.5. The van der Waals surface area contributed by atoms with Gasteiger partial charge in [-0.2, -0.15) is 0 Å². The van der Waals surface area contributed by atoms with E-state index in [0.717, 1.165) is 32.1 Å². The summed E-state index contributed by atoms with van der Waals surface area (Å²) < 4.78 is 0. The van der Waals surface area contributed by atoms with Crippen LogP contribution in [-0.4, -0.2) is 29.6 Å². The third-order valence-corrected chi connectivity index (χ3v) is 4.50. The van der Waals surface area contributed by atoms with Gasteiger partial charge >= 0.3 is 5.97 Å². The van der Waals surface area contributed by atoms with Crippen LogP contribution >= 0.6 is 0 Å². The number of carbonyl (C=O) groups excluding carboxylic acids is 1. The average Bonchev–Trinajstić information content (AvgIpc) is 2.55. The van der Waals surface area contributed by atoms with E-state index in [9.17, 15) is 14.7 Å². The molecule has 4 N–H and O–H groups in total. The molecule has 5 nitrogen and oxygen atoms in total. The molecule has 142 valence electrons. The molecule has 0 aliphatic rings. The van der Waals surface area contributed by atoms with Crippen LogP contribution in [0.2, 0.25) is 0 Å². The number of amides is 1. The monoisotopic (exact) mass is 342 g/mol. The minimum atomic E-state index is -0.959. The highest BCUT2D eigenvalue weighted by molar-refractivity contribution is 5.84. The number of carbonyl (C=O) groups is 2. The topological polar surface area (TPSA) is 92.4 Å². The van der Waals surface area contributed by atoms with Crippen molar-refractivity contribution in [2.45, 2.75) is 96.9 Å². The first kappa shape index (κ1) is 22.9. The molecule has 0 bridgehead atoms. The quantitative estimate of drug-likeness (QED) is 0.371. The molecule has 0 aliphatic heterocycles. The van der Waals surface area contributed by atoms with Crippen LogP contribution in [0, 0.1) is 5.92 Å². The predicted octanol–water partition coefficient (Wildman–Crippen LogP) is 3.85. The lowest BCUT2D eigenvalue weighted by molar-refractivity contribution is -0.142. The first-order valence-electron chi connectivity index (χ1n) is 9.76. The smallest absolute Gasteiger partial charge is 0.326 e. The SMILES string of the molecule is CCCCCCCCCCC(C)C(=O)NC(CCCCN)C(=O)O. The lowest BCUT2D eigenvalue weighted by Crippen LogP contribution is -2.43. The van der Waals surface area contributed by atoms with Crippen LogP contribution in [0.25, 0.3) is 0 Å². The van der Waals surface area contributed by atoms with Crippen molar-refractivity contribution < 1.29 is 14.7 Å². The Hall–Kier alpha value is -1.10. The van der Waals surface area contributed by atoms with Crippen LogP contribution in [0.1, 0.15) is 90.9 Å². The fourth-order valence-electron chi connectivity index (χ4n) is 2.78. The van der Waals surface area contributed by atoms with Crippen LogP contribution < -0.4 is 11.1 Å². The van der Waals surface area contributed by atoms with Crippen LogP contribution in [0.15, 0.2) is 0 Å². The molecule has 0 heterocycles. The summed E-state index contributed by atoms with van der Waals surface area (Å²) >= 11 is 0. The van der Waals surface area contributed by atoms with Crippen LogP contribution in [-0.2, 0) is 9.59 Å². The number of hydrogen-bond donors (Lipinski definition) is 3. The number of unbranched alkanes of at least 4 members (excludes halogenated alkanes) is 8. The van der Waals surface area contributed by atoms with E-state index >= 15 is 0 Å². The van der Waals surface area contributed by atoms with E-state index in [1.54, 1.807) is 0 Å². The van der Waals surface area contributed by atoms with Crippen molar-refractivity contribution in [1.29, 1.82) is 0 Å². The second-order valence-electron chi connectivity index (χ2n) is 6.85. The fraction of sp³-hybridized carbons (Fsp3) is 0.895. The van der Waals surface area contributed by atoms with E-state index in [4.69, 9.17) is 5.73 Å². The van der Waals surface area contributed by atoms with E-state index < -0.39 is 12.0 Å². The fourth-order valence-corrected chi connectivity index (χ4v) is 2.78. The Morgan fingerprint density at radius 2 is 1.46 bits per heavy atom. The number of nitrogens with two attached hydrogens (primary N) is 1. The van der Waals surface area contributed by atoms with E-state index in [-0.39, 0.29) is 11.8 Å². The molecule has 2 atom stereocenters. The second kappa shape index (κ2) is 15.4. The highest BCUT2D eigenvalue weighted by Gasteiger charge is 2.22. The molecule has 0 radical (unpaired) electrons. The van der Waals surface area contributed by atoms with E-state index in [0.29, 0.717) is 13.0 Å². The van der Waals surface area contributed by atoms with E-state index in [1.165, 1.54) is 38.5 Å². The molecule has 2 unspecified atom stereocenters. The third kappa shape index (κ3) is 12.3. The van der Waals surface area contributed by atoms with Crippen molar-refractivity contribution in [3.05, 3.63) is 0 Å². The molecular weight excluding hydrogens is 304 g/mol. The number of nitrogens with one attached hydrogen (secondary N) is 1. The molecule has 24 heavy (non-hydrogen) atoms. The standard InChI is InChI=1S/C19H38N2O3/c1-3-4-5-6-7-8-9-10-13-16(2)18(22)21-17(19(23)24)14-11-12-15-20/h16-17H,3-15,20H2,1-2H3,(H,21,22)(H,23,24). The summed E-state index contributed by atoms with van der Waals surface area (Å²) in [6.07, 6.45) is 12.7. The van der Waals surface area contributed by atoms with Gasteiger partial charge in [-0.3, -0.25) is 4.79 Å². The lowest BCUT2D eigenvalue weighted by atomic mass is 10.00. The normalized spacial score (nSPS) is 13.5. The summed E-state index contributed by atoms with van der Waals surface area (Å²) in [5.74, 6) is -1.22. The average molecular weight is 343 g/mol. The van der Waals surface area contributed by atoms with Gasteiger partial charge in [0.1, 0.15) is 6.04 Å². The molecule has 0 fully saturated rings. The van der Waals surface area contributed by atoms with Gasteiger partial charge in [-0.1, -0.05) is 65.2 Å². The van der Waals surface area contributed by atoms with E-state index in [2.05, 4.69) is 12.2 Å². The first-order valence-corrected chi connectivity index (χ1v) is 9.76. The Balaban J connectivity index is 3.85. The zero-order valence-electron chi connectivity index (χ0n) is 15.7. The lowest BCUT2D eigenvalue weighted by Gasteiger charge is -2.17. The van der Waals surface area contributed by atoms with Gasteiger partial charge in [-0.25, -0.2) is 4.79 Å². The molecule has 0 aromatic carbocycles. The summed E-state index contributed by atoms with van der Waals surface area (Å²) in [6.45, 7) is 4.66. The molecule has 0 spiro atoms. The zero-order valence-corrected chi connectivity index (χ0v) is 15.7. The minimum absolute atomic E-state index is 0.124. The summed E-state index contributed by atoms with van der Waals surface area (Å²) in [5, 5.41) is 11.9. The Bertz CT molecular complexity index is 335. The summed E-state index contributed by atoms with van der Waals surface area (Å²) in [6, 6.07) is -0.787. The van der Waals surface area contributed by atoms with Crippen LogP contribution in [0.4, 0.5) is 0 Å². The maximum atomic E-state index is 12.1. The van der Waals surface area contributed by atoms with Gasteiger partial charge in [-0.05, 0) is 32.2 Å². The molecule has 0 saturated carbocycles. The number of hydrogen-bond acceptors (Lipinski definition) is 3. The number of carboxylic acids is 1. The van der Waals surface area contributed by atoms with Gasteiger partial charge in [0.25, 0.3) is 0 Å². The van der Waals surface area contributed by atoms with Crippen molar-refractivity contribution in [2.24, 2.45) is 11.7 Å². The molecule has 1 amide bonds. The van der Waals surface area contributed by atoms with E-state index in [1.807, 2.05) is 6.92 Å². The van der Waals surface area contributed by atoms with Crippen molar-refractivity contribution in [3.63, 3.8) is 0 Å².